The van der Waals surface area contributed by atoms with Crippen LogP contribution >= 0.6 is 11.6 Å². The first kappa shape index (κ1) is 17.2. The van der Waals surface area contributed by atoms with E-state index < -0.39 is 0 Å². The molecule has 0 spiro atoms. The lowest BCUT2D eigenvalue weighted by atomic mass is 10.1. The summed E-state index contributed by atoms with van der Waals surface area (Å²) in [4.78, 5) is 12.5. The van der Waals surface area contributed by atoms with E-state index in [1.165, 1.54) is 4.68 Å². The van der Waals surface area contributed by atoms with Gasteiger partial charge in [-0.1, -0.05) is 54.1 Å². The number of nitrogens with one attached hydrogen (secondary N) is 1. The Kier molecular flexibility index (Phi) is 5.48. The van der Waals surface area contributed by atoms with Gasteiger partial charge >= 0.3 is 0 Å². The molecule has 1 heterocycles. The van der Waals surface area contributed by atoms with E-state index in [1.807, 2.05) is 42.5 Å². The molecule has 128 valence electrons. The molecule has 0 aliphatic rings. The van der Waals surface area contributed by atoms with Gasteiger partial charge in [0, 0.05) is 13.7 Å². The van der Waals surface area contributed by atoms with Gasteiger partial charge in [0.15, 0.2) is 0 Å². The second kappa shape index (κ2) is 7.96. The first-order valence-electron chi connectivity index (χ1n) is 7.83. The van der Waals surface area contributed by atoms with Crippen LogP contribution in [0.3, 0.4) is 0 Å². The van der Waals surface area contributed by atoms with Gasteiger partial charge in [0.2, 0.25) is 0 Å². The zero-order chi connectivity index (χ0) is 17.6. The number of ether oxygens (including phenoxy) is 1. The highest BCUT2D eigenvalue weighted by Gasteiger charge is 2.11. The molecule has 1 aromatic heterocycles. The van der Waals surface area contributed by atoms with Gasteiger partial charge in [-0.15, -0.1) is 0 Å². The van der Waals surface area contributed by atoms with E-state index in [0.29, 0.717) is 24.5 Å². The summed E-state index contributed by atoms with van der Waals surface area (Å²) >= 11 is 6.25. The number of nitrogens with zero attached hydrogens (tertiary/aromatic N) is 2. The van der Waals surface area contributed by atoms with E-state index in [4.69, 9.17) is 16.3 Å². The molecule has 1 N–H and O–H groups in total. The third kappa shape index (κ3) is 3.90. The number of hydrogen-bond acceptors (Lipinski definition) is 4. The summed E-state index contributed by atoms with van der Waals surface area (Å²) in [5.41, 5.74) is 2.98. The highest BCUT2D eigenvalue weighted by molar-refractivity contribution is 6.32. The normalized spacial score (nSPS) is 10.6. The lowest BCUT2D eigenvalue weighted by Crippen LogP contribution is -2.22. The summed E-state index contributed by atoms with van der Waals surface area (Å²) in [5, 5.41) is 7.51. The Labute approximate surface area is 150 Å². The van der Waals surface area contributed by atoms with Gasteiger partial charge in [0.1, 0.15) is 5.02 Å². The number of benzene rings is 2. The lowest BCUT2D eigenvalue weighted by Gasteiger charge is -2.12. The maximum atomic E-state index is 12.5. The van der Waals surface area contributed by atoms with Crippen LogP contribution in [0.4, 0.5) is 5.69 Å². The third-order valence-electron chi connectivity index (χ3n) is 3.81. The maximum Gasteiger partial charge on any atom is 0.292 e. The molecule has 3 rings (SSSR count). The molecular formula is C19H18ClN3O2. The largest absolute Gasteiger partial charge is 0.380 e. The molecule has 0 saturated heterocycles. The van der Waals surface area contributed by atoms with Gasteiger partial charge in [0.05, 0.1) is 24.2 Å². The first-order valence-corrected chi connectivity index (χ1v) is 8.21. The highest BCUT2D eigenvalue weighted by atomic mass is 35.5. The fraction of sp³-hybridized carbons (Fsp3) is 0.158. The summed E-state index contributed by atoms with van der Waals surface area (Å²) in [6.07, 6.45) is 1.57. The smallest absolute Gasteiger partial charge is 0.292 e. The SMILES string of the molecule is COCc1ccccc1CNc1cnn(-c2ccccc2)c(=O)c1Cl. The molecule has 5 nitrogen and oxygen atoms in total. The fourth-order valence-corrected chi connectivity index (χ4v) is 2.72. The summed E-state index contributed by atoms with van der Waals surface area (Å²) in [6, 6.07) is 17.1. The molecule has 0 bridgehead atoms. The number of aromatic nitrogens is 2. The van der Waals surface area contributed by atoms with Crippen LogP contribution in [-0.4, -0.2) is 16.9 Å². The van der Waals surface area contributed by atoms with Gasteiger partial charge in [-0.3, -0.25) is 4.79 Å². The first-order chi connectivity index (χ1) is 12.2. The predicted octanol–water partition coefficient (Wildman–Crippen LogP) is 3.64. The van der Waals surface area contributed by atoms with Crippen LogP contribution in [0, 0.1) is 0 Å². The van der Waals surface area contributed by atoms with Crippen molar-refractivity contribution in [3.63, 3.8) is 0 Å². The van der Waals surface area contributed by atoms with Crippen LogP contribution in [-0.2, 0) is 17.9 Å². The number of methoxy groups -OCH3 is 1. The van der Waals surface area contributed by atoms with Crippen molar-refractivity contribution in [3.8, 4) is 5.69 Å². The van der Waals surface area contributed by atoms with Crippen molar-refractivity contribution in [3.05, 3.63) is 87.3 Å². The average Bonchev–Trinajstić information content (AvgIpc) is 2.65. The molecule has 3 aromatic rings. The zero-order valence-electron chi connectivity index (χ0n) is 13.8. The molecule has 0 aliphatic carbocycles. The fourth-order valence-electron chi connectivity index (χ4n) is 2.53. The van der Waals surface area contributed by atoms with Crippen LogP contribution in [0.5, 0.6) is 0 Å². The number of anilines is 1. The van der Waals surface area contributed by atoms with Gasteiger partial charge in [-0.05, 0) is 23.3 Å². The monoisotopic (exact) mass is 355 g/mol. The molecule has 0 aliphatic heterocycles. The van der Waals surface area contributed by atoms with Crippen molar-refractivity contribution in [2.75, 3.05) is 12.4 Å². The van der Waals surface area contributed by atoms with E-state index in [-0.39, 0.29) is 10.6 Å². The molecule has 25 heavy (non-hydrogen) atoms. The molecule has 0 amide bonds. The van der Waals surface area contributed by atoms with E-state index in [2.05, 4.69) is 10.4 Å². The van der Waals surface area contributed by atoms with Crippen molar-refractivity contribution < 1.29 is 4.74 Å². The highest BCUT2D eigenvalue weighted by Crippen LogP contribution is 2.19. The Morgan fingerprint density at radius 2 is 1.76 bits per heavy atom. The van der Waals surface area contributed by atoms with Crippen LogP contribution in [0.15, 0.2) is 65.6 Å². The Bertz CT molecular complexity index is 910. The number of para-hydroxylation sites is 1. The minimum absolute atomic E-state index is 0.114. The zero-order valence-corrected chi connectivity index (χ0v) is 14.5. The lowest BCUT2D eigenvalue weighted by molar-refractivity contribution is 0.184. The quantitative estimate of drug-likeness (QED) is 0.733. The van der Waals surface area contributed by atoms with Gasteiger partial charge in [-0.25, -0.2) is 0 Å². The van der Waals surface area contributed by atoms with E-state index in [9.17, 15) is 4.79 Å². The number of hydrogen-bond donors (Lipinski definition) is 1. The van der Waals surface area contributed by atoms with E-state index >= 15 is 0 Å². The summed E-state index contributed by atoms with van der Waals surface area (Å²) in [6.45, 7) is 1.05. The van der Waals surface area contributed by atoms with Gasteiger partial charge in [0.25, 0.3) is 5.56 Å². The topological polar surface area (TPSA) is 56.1 Å². The van der Waals surface area contributed by atoms with Crippen LogP contribution < -0.4 is 10.9 Å². The Morgan fingerprint density at radius 1 is 1.08 bits per heavy atom. The average molecular weight is 356 g/mol. The van der Waals surface area contributed by atoms with Crippen molar-refractivity contribution >= 4 is 17.3 Å². The molecule has 0 atom stereocenters. The Hall–Kier alpha value is -2.63. The molecule has 6 heteroatoms. The Balaban J connectivity index is 1.83. The molecule has 0 unspecified atom stereocenters. The van der Waals surface area contributed by atoms with Crippen molar-refractivity contribution in [1.82, 2.24) is 9.78 Å². The summed E-state index contributed by atoms with van der Waals surface area (Å²) in [5.74, 6) is 0. The second-order valence-corrected chi connectivity index (χ2v) is 5.86. The molecular weight excluding hydrogens is 338 g/mol. The summed E-state index contributed by atoms with van der Waals surface area (Å²) < 4.78 is 6.49. The van der Waals surface area contributed by atoms with Crippen LogP contribution in [0.2, 0.25) is 5.02 Å². The van der Waals surface area contributed by atoms with E-state index in [0.717, 1.165) is 11.1 Å². The van der Waals surface area contributed by atoms with Crippen molar-refractivity contribution in [1.29, 1.82) is 0 Å². The van der Waals surface area contributed by atoms with Crippen LogP contribution in [0.25, 0.3) is 5.69 Å². The molecule has 2 aromatic carbocycles. The van der Waals surface area contributed by atoms with Crippen LogP contribution in [0.1, 0.15) is 11.1 Å². The standard InChI is InChI=1S/C19H18ClN3O2/c1-25-13-15-8-6-5-7-14(15)11-21-17-12-22-23(19(24)18(17)20)16-9-3-2-4-10-16/h2-10,12,21H,11,13H2,1H3. The van der Waals surface area contributed by atoms with E-state index in [1.54, 1.807) is 25.4 Å². The minimum atomic E-state index is -0.358. The van der Waals surface area contributed by atoms with Gasteiger partial charge < -0.3 is 10.1 Å². The Morgan fingerprint density at radius 3 is 2.48 bits per heavy atom. The third-order valence-corrected chi connectivity index (χ3v) is 4.17. The van der Waals surface area contributed by atoms with Gasteiger partial charge in [-0.2, -0.15) is 9.78 Å². The second-order valence-electron chi connectivity index (χ2n) is 5.48. The summed E-state index contributed by atoms with van der Waals surface area (Å²) in [7, 11) is 1.66. The number of halogens is 1. The predicted molar refractivity (Wildman–Crippen MR) is 99.3 cm³/mol. The molecule has 0 radical (unpaired) electrons. The van der Waals surface area contributed by atoms with Crippen molar-refractivity contribution in [2.45, 2.75) is 13.2 Å². The minimum Gasteiger partial charge on any atom is -0.380 e. The molecule has 0 fully saturated rings. The molecule has 0 saturated carbocycles. The maximum absolute atomic E-state index is 12.5. The van der Waals surface area contributed by atoms with Crippen molar-refractivity contribution in [2.24, 2.45) is 0 Å². The number of rotatable bonds is 6.